The lowest BCUT2D eigenvalue weighted by Crippen LogP contribution is -2.39. The predicted octanol–water partition coefficient (Wildman–Crippen LogP) is 3.27. The fourth-order valence-electron chi connectivity index (χ4n) is 3.63. The molecule has 0 bridgehead atoms. The molecular weight excluding hydrogens is 342 g/mol. The lowest BCUT2D eigenvalue weighted by atomic mass is 10.0. The molecule has 2 aromatic rings. The Balaban J connectivity index is 1.67. The van der Waals surface area contributed by atoms with Gasteiger partial charge in [-0.05, 0) is 50.6 Å². The zero-order valence-electron chi connectivity index (χ0n) is 16.2. The van der Waals surface area contributed by atoms with Crippen LogP contribution in [0, 0.1) is 6.92 Å². The highest BCUT2D eigenvalue weighted by atomic mass is 16.5. The van der Waals surface area contributed by atoms with Crippen molar-refractivity contribution >= 4 is 5.91 Å². The van der Waals surface area contributed by atoms with E-state index in [-0.39, 0.29) is 18.4 Å². The fourth-order valence-corrected chi connectivity index (χ4v) is 3.63. The van der Waals surface area contributed by atoms with Crippen molar-refractivity contribution in [2.75, 3.05) is 26.7 Å². The first kappa shape index (κ1) is 19.4. The highest BCUT2D eigenvalue weighted by molar-refractivity contribution is 5.78. The van der Waals surface area contributed by atoms with Gasteiger partial charge in [0.05, 0.1) is 25.3 Å². The Morgan fingerprint density at radius 2 is 1.93 bits per heavy atom. The van der Waals surface area contributed by atoms with Crippen LogP contribution < -0.4 is 10.1 Å². The summed E-state index contributed by atoms with van der Waals surface area (Å²) < 4.78 is 10.3. The number of nitrogens with zero attached hydrogens (tertiary/aromatic N) is 2. The van der Waals surface area contributed by atoms with E-state index < -0.39 is 0 Å². The number of aromatic nitrogens is 1. The summed E-state index contributed by atoms with van der Waals surface area (Å²) in [5.74, 6) is 1.54. The van der Waals surface area contributed by atoms with E-state index in [1.54, 1.807) is 13.2 Å². The van der Waals surface area contributed by atoms with Gasteiger partial charge in [-0.1, -0.05) is 30.1 Å². The molecule has 1 fully saturated rings. The number of carbonyl (C=O) groups is 1. The van der Waals surface area contributed by atoms with E-state index in [1.165, 1.54) is 31.2 Å². The van der Waals surface area contributed by atoms with Crippen molar-refractivity contribution in [3.05, 3.63) is 47.3 Å². The standard InChI is InChI=1S/C21H29N3O3/c1-16-13-18(23-27-16)14-21(25)22-15-20(24-11-5-3-4-6-12-24)17-7-9-19(26-2)10-8-17/h7-10,13,20H,3-6,11-12,14-15H2,1-2H3,(H,22,25). The van der Waals surface area contributed by atoms with Crippen LogP contribution in [0.5, 0.6) is 5.75 Å². The molecule has 1 aromatic heterocycles. The highest BCUT2D eigenvalue weighted by Gasteiger charge is 2.22. The van der Waals surface area contributed by atoms with Crippen LogP contribution in [0.15, 0.2) is 34.9 Å². The molecule has 0 spiro atoms. The number of ether oxygens (including phenoxy) is 1. The average molecular weight is 371 g/mol. The van der Waals surface area contributed by atoms with Gasteiger partial charge in [0.1, 0.15) is 11.5 Å². The van der Waals surface area contributed by atoms with E-state index in [0.717, 1.165) is 24.6 Å². The number of rotatable bonds is 7. The van der Waals surface area contributed by atoms with Crippen LogP contribution in [0.1, 0.15) is 48.7 Å². The Hall–Kier alpha value is -2.34. The number of benzene rings is 1. The third-order valence-corrected chi connectivity index (χ3v) is 5.09. The molecule has 0 saturated carbocycles. The number of likely N-dealkylation sites (tertiary alicyclic amines) is 1. The summed E-state index contributed by atoms with van der Waals surface area (Å²) in [6, 6.07) is 10.1. The van der Waals surface area contributed by atoms with Crippen LogP contribution in [0.25, 0.3) is 0 Å². The SMILES string of the molecule is COc1ccc(C(CNC(=O)Cc2cc(C)on2)N2CCCCCC2)cc1. The molecule has 6 heteroatoms. The Bertz CT molecular complexity index is 719. The molecule has 146 valence electrons. The van der Waals surface area contributed by atoms with Gasteiger partial charge in [-0.3, -0.25) is 9.69 Å². The molecule has 1 saturated heterocycles. The number of aryl methyl sites for hydroxylation is 1. The third kappa shape index (κ3) is 5.57. The summed E-state index contributed by atoms with van der Waals surface area (Å²) in [6.07, 6.45) is 5.22. The number of carbonyl (C=O) groups excluding carboxylic acids is 1. The largest absolute Gasteiger partial charge is 0.497 e. The molecule has 6 nitrogen and oxygen atoms in total. The average Bonchev–Trinajstić information content (AvgIpc) is 2.92. The Morgan fingerprint density at radius 1 is 1.22 bits per heavy atom. The van der Waals surface area contributed by atoms with Gasteiger partial charge < -0.3 is 14.6 Å². The van der Waals surface area contributed by atoms with Crippen LogP contribution >= 0.6 is 0 Å². The molecule has 2 heterocycles. The van der Waals surface area contributed by atoms with Crippen LogP contribution in [0.2, 0.25) is 0 Å². The summed E-state index contributed by atoms with van der Waals surface area (Å²) in [6.45, 7) is 4.54. The van der Waals surface area contributed by atoms with Gasteiger partial charge in [0.2, 0.25) is 5.91 Å². The summed E-state index contributed by atoms with van der Waals surface area (Å²) in [4.78, 5) is 14.9. The molecule has 1 aliphatic rings. The van der Waals surface area contributed by atoms with E-state index in [4.69, 9.17) is 9.26 Å². The van der Waals surface area contributed by atoms with Gasteiger partial charge >= 0.3 is 0 Å². The Labute approximate surface area is 160 Å². The lowest BCUT2D eigenvalue weighted by Gasteiger charge is -2.31. The Kier molecular flexibility index (Phi) is 6.87. The molecule has 0 radical (unpaired) electrons. The normalized spacial score (nSPS) is 16.5. The van der Waals surface area contributed by atoms with Crippen molar-refractivity contribution in [1.82, 2.24) is 15.4 Å². The maximum atomic E-state index is 12.4. The second-order valence-corrected chi connectivity index (χ2v) is 7.15. The van der Waals surface area contributed by atoms with Crippen molar-refractivity contribution in [3.8, 4) is 5.75 Å². The first-order valence-electron chi connectivity index (χ1n) is 9.72. The number of nitrogens with one attached hydrogen (secondary N) is 1. The van der Waals surface area contributed by atoms with E-state index in [2.05, 4.69) is 27.5 Å². The minimum Gasteiger partial charge on any atom is -0.497 e. The summed E-state index contributed by atoms with van der Waals surface area (Å²) in [5, 5.41) is 6.99. The van der Waals surface area contributed by atoms with E-state index >= 15 is 0 Å². The van der Waals surface area contributed by atoms with Gasteiger partial charge in [0.15, 0.2) is 0 Å². The molecule has 1 aliphatic heterocycles. The first-order chi connectivity index (χ1) is 13.2. The van der Waals surface area contributed by atoms with E-state index in [1.807, 2.05) is 19.1 Å². The monoisotopic (exact) mass is 371 g/mol. The highest BCUT2D eigenvalue weighted by Crippen LogP contribution is 2.25. The van der Waals surface area contributed by atoms with Gasteiger partial charge in [-0.2, -0.15) is 0 Å². The minimum atomic E-state index is -0.0309. The van der Waals surface area contributed by atoms with E-state index in [0.29, 0.717) is 12.2 Å². The van der Waals surface area contributed by atoms with Crippen molar-refractivity contribution in [2.24, 2.45) is 0 Å². The number of hydrogen-bond donors (Lipinski definition) is 1. The molecule has 0 aliphatic carbocycles. The Morgan fingerprint density at radius 3 is 2.52 bits per heavy atom. The molecule has 1 amide bonds. The smallest absolute Gasteiger partial charge is 0.226 e. The van der Waals surface area contributed by atoms with Crippen molar-refractivity contribution in [1.29, 1.82) is 0 Å². The predicted molar refractivity (Wildman–Crippen MR) is 104 cm³/mol. The molecule has 27 heavy (non-hydrogen) atoms. The van der Waals surface area contributed by atoms with Gasteiger partial charge in [-0.15, -0.1) is 0 Å². The second kappa shape index (κ2) is 9.55. The fraction of sp³-hybridized carbons (Fsp3) is 0.524. The molecule has 1 N–H and O–H groups in total. The zero-order valence-corrected chi connectivity index (χ0v) is 16.2. The molecule has 1 unspecified atom stereocenters. The number of hydrogen-bond acceptors (Lipinski definition) is 5. The summed E-state index contributed by atoms with van der Waals surface area (Å²) >= 11 is 0. The van der Waals surface area contributed by atoms with Crippen LogP contribution in [0.3, 0.4) is 0 Å². The van der Waals surface area contributed by atoms with Crippen LogP contribution in [-0.2, 0) is 11.2 Å². The molecule has 1 aromatic carbocycles. The topological polar surface area (TPSA) is 67.6 Å². The van der Waals surface area contributed by atoms with Gasteiger partial charge in [0, 0.05) is 12.6 Å². The van der Waals surface area contributed by atoms with Crippen molar-refractivity contribution in [3.63, 3.8) is 0 Å². The molecular formula is C21H29N3O3. The maximum Gasteiger partial charge on any atom is 0.226 e. The third-order valence-electron chi connectivity index (χ3n) is 5.09. The zero-order chi connectivity index (χ0) is 19.1. The van der Waals surface area contributed by atoms with Crippen molar-refractivity contribution < 1.29 is 14.1 Å². The van der Waals surface area contributed by atoms with Crippen molar-refractivity contribution in [2.45, 2.75) is 45.1 Å². The quantitative estimate of drug-likeness (QED) is 0.809. The maximum absolute atomic E-state index is 12.4. The van der Waals surface area contributed by atoms with E-state index in [9.17, 15) is 4.79 Å². The molecule has 3 rings (SSSR count). The first-order valence-corrected chi connectivity index (χ1v) is 9.72. The number of amides is 1. The van der Waals surface area contributed by atoms with Crippen LogP contribution in [-0.4, -0.2) is 42.7 Å². The summed E-state index contributed by atoms with van der Waals surface area (Å²) in [5.41, 5.74) is 1.87. The van der Waals surface area contributed by atoms with Gasteiger partial charge in [-0.25, -0.2) is 0 Å². The van der Waals surface area contributed by atoms with Crippen LogP contribution in [0.4, 0.5) is 0 Å². The number of methoxy groups -OCH3 is 1. The minimum absolute atomic E-state index is 0.0309. The van der Waals surface area contributed by atoms with Gasteiger partial charge in [0.25, 0.3) is 0 Å². The second-order valence-electron chi connectivity index (χ2n) is 7.15. The summed E-state index contributed by atoms with van der Waals surface area (Å²) in [7, 11) is 1.67. The molecule has 1 atom stereocenters. The lowest BCUT2D eigenvalue weighted by molar-refractivity contribution is -0.120.